The molecule has 3 heteroatoms. The molecule has 0 bridgehead atoms. The van der Waals surface area contributed by atoms with Gasteiger partial charge in [0.2, 0.25) is 0 Å². The van der Waals surface area contributed by atoms with Crippen LogP contribution >= 0.6 is 0 Å². The molecule has 94 valence electrons. The minimum absolute atomic E-state index is 0.116. The number of aliphatic carboxylic acids is 1. The zero-order valence-electron chi connectivity index (χ0n) is 10.4. The summed E-state index contributed by atoms with van der Waals surface area (Å²) >= 11 is 0.116. The van der Waals surface area contributed by atoms with Crippen molar-refractivity contribution in [2.24, 2.45) is 5.41 Å². The van der Waals surface area contributed by atoms with E-state index in [1.807, 2.05) is 0 Å². The van der Waals surface area contributed by atoms with Crippen molar-refractivity contribution < 1.29 is 9.90 Å². The van der Waals surface area contributed by atoms with E-state index in [0.717, 1.165) is 0 Å². The van der Waals surface area contributed by atoms with Crippen LogP contribution < -0.4 is 0 Å². The van der Waals surface area contributed by atoms with E-state index in [9.17, 15) is 4.79 Å². The monoisotopic (exact) mass is 288 g/mol. The molecule has 0 spiro atoms. The molecule has 0 aromatic heterocycles. The predicted octanol–water partition coefficient (Wildman–Crippen LogP) is 3.48. The molecule has 1 rings (SSSR count). The van der Waals surface area contributed by atoms with Gasteiger partial charge in [0.05, 0.1) is 0 Å². The Morgan fingerprint density at radius 2 is 2.00 bits per heavy atom. The number of unbranched alkanes of at least 4 members (excludes halogenated alkanes) is 1. The standard InChI is InChI=1S/C13H25AsO2/c1-2-3-9-14-11-13(10-12(15)16)7-5-4-6-8-13/h14H,2-11H2,1H3,(H,15,16). The van der Waals surface area contributed by atoms with Gasteiger partial charge >= 0.3 is 106 Å². The van der Waals surface area contributed by atoms with Crippen molar-refractivity contribution in [2.75, 3.05) is 0 Å². The maximum absolute atomic E-state index is 11.0. The molecule has 1 unspecified atom stereocenters. The third kappa shape index (κ3) is 4.91. The van der Waals surface area contributed by atoms with Crippen LogP contribution in [0, 0.1) is 5.41 Å². The number of rotatable bonds is 7. The number of carbonyl (C=O) groups is 1. The van der Waals surface area contributed by atoms with Gasteiger partial charge in [-0.1, -0.05) is 0 Å². The summed E-state index contributed by atoms with van der Waals surface area (Å²) in [5.74, 6) is -0.580. The number of carboxylic acid groups (broad SMARTS) is 1. The summed E-state index contributed by atoms with van der Waals surface area (Å²) in [7, 11) is 0. The van der Waals surface area contributed by atoms with Crippen molar-refractivity contribution in [3.63, 3.8) is 0 Å². The normalized spacial score (nSPS) is 20.3. The summed E-state index contributed by atoms with van der Waals surface area (Å²) in [6.45, 7) is 2.24. The Balaban J connectivity index is 2.39. The summed E-state index contributed by atoms with van der Waals surface area (Å²) in [6, 6.07) is 0. The van der Waals surface area contributed by atoms with E-state index in [-0.39, 0.29) is 21.2 Å². The van der Waals surface area contributed by atoms with Crippen LogP contribution in [-0.2, 0) is 4.79 Å². The molecular formula is C13H25AsO2. The molecule has 1 N–H and O–H groups in total. The average molecular weight is 288 g/mol. The first-order chi connectivity index (χ1) is 7.68. The molecule has 1 saturated carbocycles. The number of hydrogen-bond acceptors (Lipinski definition) is 1. The second kappa shape index (κ2) is 7.37. The van der Waals surface area contributed by atoms with Gasteiger partial charge < -0.3 is 0 Å². The van der Waals surface area contributed by atoms with E-state index in [4.69, 9.17) is 5.11 Å². The molecular weight excluding hydrogens is 263 g/mol. The van der Waals surface area contributed by atoms with E-state index in [2.05, 4.69) is 6.92 Å². The predicted molar refractivity (Wildman–Crippen MR) is 69.4 cm³/mol. The van der Waals surface area contributed by atoms with Crippen LogP contribution in [0.1, 0.15) is 58.3 Å². The van der Waals surface area contributed by atoms with Crippen molar-refractivity contribution in [2.45, 2.75) is 68.7 Å². The van der Waals surface area contributed by atoms with Crippen LogP contribution in [-0.4, -0.2) is 26.8 Å². The minimum atomic E-state index is -0.580. The third-order valence-corrected chi connectivity index (χ3v) is 7.23. The van der Waals surface area contributed by atoms with Crippen molar-refractivity contribution >= 4 is 21.7 Å². The Morgan fingerprint density at radius 1 is 1.31 bits per heavy atom. The molecule has 0 aromatic rings. The van der Waals surface area contributed by atoms with Crippen LogP contribution in [0.4, 0.5) is 0 Å². The van der Waals surface area contributed by atoms with Crippen LogP contribution in [0.2, 0.25) is 10.4 Å². The van der Waals surface area contributed by atoms with E-state index < -0.39 is 5.97 Å². The van der Waals surface area contributed by atoms with Gasteiger partial charge in [-0.15, -0.1) is 0 Å². The Labute approximate surface area is 106 Å². The molecule has 0 radical (unpaired) electrons. The summed E-state index contributed by atoms with van der Waals surface area (Å²) in [5, 5.41) is 11.7. The fourth-order valence-electron chi connectivity index (χ4n) is 2.69. The van der Waals surface area contributed by atoms with Gasteiger partial charge in [-0.2, -0.15) is 0 Å². The zero-order valence-corrected chi connectivity index (χ0v) is 12.5. The molecule has 1 atom stereocenters. The molecule has 0 aromatic carbocycles. The maximum atomic E-state index is 11.0. The molecule has 16 heavy (non-hydrogen) atoms. The van der Waals surface area contributed by atoms with Crippen molar-refractivity contribution in [1.82, 2.24) is 0 Å². The summed E-state index contributed by atoms with van der Waals surface area (Å²) in [4.78, 5) is 11.0. The van der Waals surface area contributed by atoms with E-state index in [1.165, 1.54) is 55.4 Å². The second-order valence-corrected chi connectivity index (χ2v) is 8.00. The van der Waals surface area contributed by atoms with Crippen LogP contribution in [0.15, 0.2) is 0 Å². The van der Waals surface area contributed by atoms with Gasteiger partial charge in [-0.3, -0.25) is 0 Å². The molecule has 0 saturated heterocycles. The molecule has 1 aliphatic rings. The molecule has 1 fully saturated rings. The summed E-state index contributed by atoms with van der Waals surface area (Å²) in [6.07, 6.45) is 9.25. The SMILES string of the molecule is CCCC[AsH]CC1(CC(=O)O)CCCCC1. The number of hydrogen-bond donors (Lipinski definition) is 1. The first kappa shape index (κ1) is 14.1. The van der Waals surface area contributed by atoms with Gasteiger partial charge in [-0.25, -0.2) is 0 Å². The fraction of sp³-hybridized carbons (Fsp3) is 0.923. The van der Waals surface area contributed by atoms with Crippen molar-refractivity contribution in [3.05, 3.63) is 0 Å². The average Bonchev–Trinajstić information content (AvgIpc) is 2.25. The zero-order chi connectivity index (χ0) is 11.9. The quantitative estimate of drug-likeness (QED) is 0.575. The number of carboxylic acids is 1. The van der Waals surface area contributed by atoms with Crippen molar-refractivity contribution in [1.29, 1.82) is 0 Å². The van der Waals surface area contributed by atoms with Gasteiger partial charge in [-0.05, 0) is 0 Å². The molecule has 2 nitrogen and oxygen atoms in total. The molecule has 0 aliphatic heterocycles. The van der Waals surface area contributed by atoms with Crippen LogP contribution in [0.25, 0.3) is 0 Å². The van der Waals surface area contributed by atoms with Gasteiger partial charge in [0.15, 0.2) is 0 Å². The van der Waals surface area contributed by atoms with E-state index >= 15 is 0 Å². The fourth-order valence-corrected chi connectivity index (χ4v) is 6.45. The third-order valence-electron chi connectivity index (χ3n) is 3.65. The Morgan fingerprint density at radius 3 is 2.56 bits per heavy atom. The first-order valence-electron chi connectivity index (χ1n) is 6.61. The van der Waals surface area contributed by atoms with Crippen LogP contribution in [0.3, 0.4) is 0 Å². The van der Waals surface area contributed by atoms with E-state index in [0.29, 0.717) is 6.42 Å². The van der Waals surface area contributed by atoms with Crippen molar-refractivity contribution in [3.8, 4) is 0 Å². The molecule has 1 aliphatic carbocycles. The Hall–Kier alpha value is 0.0284. The first-order valence-corrected chi connectivity index (χ1v) is 9.58. The van der Waals surface area contributed by atoms with E-state index in [1.54, 1.807) is 0 Å². The summed E-state index contributed by atoms with van der Waals surface area (Å²) < 4.78 is 0. The Kier molecular flexibility index (Phi) is 6.49. The van der Waals surface area contributed by atoms with Gasteiger partial charge in [0.25, 0.3) is 0 Å². The van der Waals surface area contributed by atoms with Crippen LogP contribution in [0.5, 0.6) is 0 Å². The molecule has 0 heterocycles. The Bertz CT molecular complexity index is 210. The van der Waals surface area contributed by atoms with Gasteiger partial charge in [0.1, 0.15) is 0 Å². The molecule has 0 amide bonds. The topological polar surface area (TPSA) is 37.3 Å². The second-order valence-electron chi connectivity index (χ2n) is 5.16. The van der Waals surface area contributed by atoms with Gasteiger partial charge in [0, 0.05) is 0 Å². The summed E-state index contributed by atoms with van der Waals surface area (Å²) in [5.41, 5.74) is 0.206.